The normalized spacial score (nSPS) is 51.4. The molecular weight excluding hydrogens is 400 g/mol. The van der Waals surface area contributed by atoms with Crippen LogP contribution in [0, 0.1) is 46.3 Å². The lowest BCUT2D eigenvalue weighted by molar-refractivity contribution is -0.206. The van der Waals surface area contributed by atoms with Crippen molar-refractivity contribution >= 4 is 17.0 Å². The minimum absolute atomic E-state index is 0.0781. The van der Waals surface area contributed by atoms with Crippen molar-refractivity contribution in [3.8, 4) is 0 Å². The van der Waals surface area contributed by atoms with Gasteiger partial charge in [0.25, 0.3) is 0 Å². The van der Waals surface area contributed by atoms with Crippen molar-refractivity contribution in [3.63, 3.8) is 0 Å². The van der Waals surface area contributed by atoms with E-state index in [9.17, 15) is 15.0 Å². The summed E-state index contributed by atoms with van der Waals surface area (Å²) in [5.41, 5.74) is -0.709. The van der Waals surface area contributed by atoms with Gasteiger partial charge in [-0.25, -0.2) is 4.79 Å². The highest BCUT2D eigenvalue weighted by Gasteiger charge is 2.65. The summed E-state index contributed by atoms with van der Waals surface area (Å²) in [5, 5.41) is 22.9. The Bertz CT molecular complexity index is 655. The Morgan fingerprint density at radius 1 is 1.13 bits per heavy atom. The first-order valence-electron chi connectivity index (χ1n) is 12.3. The molecule has 4 saturated carbocycles. The molecule has 0 spiro atoms. The van der Waals surface area contributed by atoms with Crippen LogP contribution in [0.4, 0.5) is 4.79 Å². The largest absolute Gasteiger partial charge is 0.450 e. The van der Waals surface area contributed by atoms with Gasteiger partial charge in [0.05, 0.1) is 12.2 Å². The molecule has 4 fully saturated rings. The molecule has 0 saturated heterocycles. The van der Waals surface area contributed by atoms with Gasteiger partial charge < -0.3 is 14.9 Å². The van der Waals surface area contributed by atoms with E-state index >= 15 is 0 Å². The maximum Gasteiger partial charge on any atom is 0.404 e. The Balaban J connectivity index is 1.60. The number of hydrogen-bond acceptors (Lipinski definition) is 4. The standard InChI is InChI=1S/C25H41ClO4/c1-5-6-14(2)17-7-8-18-22-19(13-21(28)25(17,18)4)24(3)10-9-16(30-23(26)29)11-15(24)12-20(22)27/h14-22,27-28H,5-13H2,1-4H3/t14?,15-,16+,17+,18?,19?,20?,21-,22?,24-,25+/m0/s1. The van der Waals surface area contributed by atoms with E-state index in [2.05, 4.69) is 27.7 Å². The second-order valence-electron chi connectivity index (χ2n) is 11.6. The quantitative estimate of drug-likeness (QED) is 0.544. The van der Waals surface area contributed by atoms with Crippen molar-refractivity contribution in [1.29, 1.82) is 0 Å². The molecule has 11 atom stereocenters. The Kier molecular flexibility index (Phi) is 6.27. The van der Waals surface area contributed by atoms with Gasteiger partial charge >= 0.3 is 5.43 Å². The van der Waals surface area contributed by atoms with Gasteiger partial charge in [-0.1, -0.05) is 40.5 Å². The van der Waals surface area contributed by atoms with Crippen LogP contribution in [0.3, 0.4) is 0 Å². The summed E-state index contributed by atoms with van der Waals surface area (Å²) >= 11 is 5.47. The number of aliphatic hydroxyl groups is 2. The van der Waals surface area contributed by atoms with Crippen LogP contribution in [0.5, 0.6) is 0 Å². The van der Waals surface area contributed by atoms with Crippen molar-refractivity contribution in [2.75, 3.05) is 0 Å². The third-order valence-electron chi connectivity index (χ3n) is 10.5. The lowest BCUT2D eigenvalue weighted by atomic mass is 9.43. The molecule has 5 heteroatoms. The number of hydrogen-bond donors (Lipinski definition) is 2. The molecule has 0 radical (unpaired) electrons. The fourth-order valence-corrected chi connectivity index (χ4v) is 9.14. The average Bonchev–Trinajstić information content (AvgIpc) is 3.02. The number of aliphatic hydroxyl groups excluding tert-OH is 2. The minimum atomic E-state index is -0.722. The topological polar surface area (TPSA) is 66.8 Å². The molecule has 0 bridgehead atoms. The molecule has 2 N–H and O–H groups in total. The number of fused-ring (bicyclic) bond motifs is 5. The Hall–Kier alpha value is -0.320. The summed E-state index contributed by atoms with van der Waals surface area (Å²) < 4.78 is 5.32. The van der Waals surface area contributed by atoms with E-state index in [1.807, 2.05) is 0 Å². The molecule has 4 aliphatic carbocycles. The van der Waals surface area contributed by atoms with E-state index < -0.39 is 5.43 Å². The lowest BCUT2D eigenvalue weighted by Gasteiger charge is -2.63. The van der Waals surface area contributed by atoms with Gasteiger partial charge in [-0.2, -0.15) is 0 Å². The number of ether oxygens (including phenoxy) is 1. The molecule has 4 aliphatic rings. The van der Waals surface area contributed by atoms with E-state index in [1.165, 1.54) is 19.3 Å². The second kappa shape index (κ2) is 8.23. The third-order valence-corrected chi connectivity index (χ3v) is 10.6. The van der Waals surface area contributed by atoms with Crippen LogP contribution in [-0.2, 0) is 4.74 Å². The molecule has 0 aromatic rings. The summed E-state index contributed by atoms with van der Waals surface area (Å²) in [6.07, 6.45) is 8.15. The van der Waals surface area contributed by atoms with Gasteiger partial charge in [0.1, 0.15) is 6.10 Å². The fourth-order valence-electron chi connectivity index (χ4n) is 9.01. The van der Waals surface area contributed by atoms with Crippen LogP contribution < -0.4 is 0 Å². The molecule has 4 nitrogen and oxygen atoms in total. The minimum Gasteiger partial charge on any atom is -0.450 e. The predicted molar refractivity (Wildman–Crippen MR) is 118 cm³/mol. The summed E-state index contributed by atoms with van der Waals surface area (Å²) in [4.78, 5) is 11.2. The Labute approximate surface area is 187 Å². The van der Waals surface area contributed by atoms with Gasteiger partial charge in [-0.3, -0.25) is 0 Å². The molecule has 0 aromatic heterocycles. The summed E-state index contributed by atoms with van der Waals surface area (Å²) in [6, 6.07) is 0. The zero-order valence-corrected chi connectivity index (χ0v) is 19.9. The maximum atomic E-state index is 11.6. The van der Waals surface area contributed by atoms with Crippen molar-refractivity contribution in [2.45, 2.75) is 104 Å². The smallest absolute Gasteiger partial charge is 0.404 e. The van der Waals surface area contributed by atoms with Crippen LogP contribution in [0.25, 0.3) is 0 Å². The van der Waals surface area contributed by atoms with E-state index in [0.717, 1.165) is 38.5 Å². The van der Waals surface area contributed by atoms with Crippen LogP contribution in [0.1, 0.15) is 85.5 Å². The molecule has 5 unspecified atom stereocenters. The number of carbonyl (C=O) groups is 1. The van der Waals surface area contributed by atoms with Crippen molar-refractivity contribution in [2.24, 2.45) is 46.3 Å². The summed E-state index contributed by atoms with van der Waals surface area (Å²) in [7, 11) is 0. The van der Waals surface area contributed by atoms with Gasteiger partial charge in [0.15, 0.2) is 0 Å². The number of carbonyl (C=O) groups excluding carboxylic acids is 1. The van der Waals surface area contributed by atoms with Crippen molar-refractivity contribution < 1.29 is 19.7 Å². The molecular formula is C25H41ClO4. The van der Waals surface area contributed by atoms with Crippen molar-refractivity contribution in [3.05, 3.63) is 0 Å². The SMILES string of the molecule is CCCC(C)[C@H]1CCC2C3C(O)C[C@@H]4C[C@H](OC(=O)Cl)CC[C@]4(C)C3C[C@H](O)[C@@]21C. The predicted octanol–water partition coefficient (Wildman–Crippen LogP) is 5.77. The van der Waals surface area contributed by atoms with Gasteiger partial charge in [0.2, 0.25) is 0 Å². The summed E-state index contributed by atoms with van der Waals surface area (Å²) in [5.74, 6) is 2.52. The molecule has 30 heavy (non-hydrogen) atoms. The molecule has 0 amide bonds. The first-order valence-corrected chi connectivity index (χ1v) is 12.7. The maximum absolute atomic E-state index is 11.6. The molecule has 172 valence electrons. The molecule has 0 aliphatic heterocycles. The van der Waals surface area contributed by atoms with E-state index in [4.69, 9.17) is 16.3 Å². The first-order chi connectivity index (χ1) is 14.1. The fraction of sp³-hybridized carbons (Fsp3) is 0.960. The summed E-state index contributed by atoms with van der Waals surface area (Å²) in [6.45, 7) is 9.33. The zero-order valence-electron chi connectivity index (χ0n) is 19.1. The van der Waals surface area contributed by atoms with Gasteiger partial charge in [-0.15, -0.1) is 0 Å². The van der Waals surface area contributed by atoms with Crippen LogP contribution in [-0.4, -0.2) is 34.0 Å². The van der Waals surface area contributed by atoms with Crippen molar-refractivity contribution in [1.82, 2.24) is 0 Å². The van der Waals surface area contributed by atoms with E-state index in [1.54, 1.807) is 0 Å². The monoisotopic (exact) mass is 440 g/mol. The number of rotatable bonds is 4. The third kappa shape index (κ3) is 3.44. The van der Waals surface area contributed by atoms with Gasteiger partial charge in [0, 0.05) is 11.6 Å². The van der Waals surface area contributed by atoms with Crippen LogP contribution in [0.2, 0.25) is 0 Å². The van der Waals surface area contributed by atoms with E-state index in [-0.39, 0.29) is 35.1 Å². The average molecular weight is 441 g/mol. The lowest BCUT2D eigenvalue weighted by Crippen LogP contribution is -2.62. The molecule has 4 rings (SSSR count). The molecule has 0 heterocycles. The zero-order chi connectivity index (χ0) is 21.8. The van der Waals surface area contributed by atoms with Crippen LogP contribution in [0.15, 0.2) is 0 Å². The first kappa shape index (κ1) is 22.9. The highest BCUT2D eigenvalue weighted by Crippen LogP contribution is 2.68. The molecule has 0 aromatic carbocycles. The van der Waals surface area contributed by atoms with Gasteiger partial charge in [-0.05, 0) is 91.3 Å². The Morgan fingerprint density at radius 2 is 1.87 bits per heavy atom. The Morgan fingerprint density at radius 3 is 2.53 bits per heavy atom. The van der Waals surface area contributed by atoms with Crippen LogP contribution >= 0.6 is 11.6 Å². The van der Waals surface area contributed by atoms with E-state index in [0.29, 0.717) is 29.6 Å². The second-order valence-corrected chi connectivity index (χ2v) is 11.9. The highest BCUT2D eigenvalue weighted by molar-refractivity contribution is 6.61. The number of halogens is 1. The highest BCUT2D eigenvalue weighted by atomic mass is 35.5.